The molecular formula is C24H17NO4. The topological polar surface area (TPSA) is 72.5 Å². The zero-order valence-corrected chi connectivity index (χ0v) is 15.5. The maximum absolute atomic E-state index is 12.8. The Morgan fingerprint density at radius 1 is 0.897 bits per heavy atom. The minimum Gasteiger partial charge on any atom is -0.489 e. The highest BCUT2D eigenvalue weighted by molar-refractivity contribution is 5.96. The summed E-state index contributed by atoms with van der Waals surface area (Å²) in [4.78, 5) is 12.8. The number of fused-ring (bicyclic) bond motifs is 1. The first-order valence-corrected chi connectivity index (χ1v) is 9.09. The highest BCUT2D eigenvalue weighted by Crippen LogP contribution is 2.28. The third-order valence-electron chi connectivity index (χ3n) is 4.51. The van der Waals surface area contributed by atoms with E-state index in [1.165, 1.54) is 0 Å². The van der Waals surface area contributed by atoms with E-state index < -0.39 is 5.97 Å². The van der Waals surface area contributed by atoms with E-state index in [1.54, 1.807) is 30.3 Å². The normalized spacial score (nSPS) is 10.4. The summed E-state index contributed by atoms with van der Waals surface area (Å²) in [6, 6.07) is 25.8. The van der Waals surface area contributed by atoms with Crippen molar-refractivity contribution in [3.8, 4) is 11.8 Å². The maximum atomic E-state index is 12.8. The average molecular weight is 383 g/mol. The summed E-state index contributed by atoms with van der Waals surface area (Å²) < 4.78 is 17.1. The summed E-state index contributed by atoms with van der Waals surface area (Å²) in [5.74, 6) is 0.206. The number of carbonyl (C=O) groups is 1. The molecule has 3 aromatic carbocycles. The van der Waals surface area contributed by atoms with E-state index in [4.69, 9.17) is 13.9 Å². The van der Waals surface area contributed by atoms with Crippen LogP contribution in [0.25, 0.3) is 11.0 Å². The van der Waals surface area contributed by atoms with Gasteiger partial charge in [0.05, 0.1) is 17.2 Å². The van der Waals surface area contributed by atoms with Gasteiger partial charge in [-0.2, -0.15) is 5.26 Å². The number of rotatable bonds is 6. The number of ether oxygens (including phenoxy) is 2. The maximum Gasteiger partial charge on any atom is 0.375 e. The molecule has 0 fully saturated rings. The van der Waals surface area contributed by atoms with Gasteiger partial charge in [-0.25, -0.2) is 4.79 Å². The second-order valence-electron chi connectivity index (χ2n) is 6.35. The Morgan fingerprint density at radius 2 is 1.62 bits per heavy atom. The average Bonchev–Trinajstić information content (AvgIpc) is 3.15. The summed E-state index contributed by atoms with van der Waals surface area (Å²) in [5, 5.41) is 9.99. The summed E-state index contributed by atoms with van der Waals surface area (Å²) in [6.07, 6.45) is 0. The van der Waals surface area contributed by atoms with E-state index >= 15 is 0 Å². The molecule has 5 nitrogen and oxygen atoms in total. The Bertz CT molecular complexity index is 1190. The lowest BCUT2D eigenvalue weighted by Crippen LogP contribution is -2.09. The molecule has 1 heterocycles. The lowest BCUT2D eigenvalue weighted by Gasteiger charge is -2.08. The van der Waals surface area contributed by atoms with Crippen LogP contribution in [0.2, 0.25) is 0 Å². The minimum atomic E-state index is -0.597. The molecule has 0 atom stereocenters. The van der Waals surface area contributed by atoms with Crippen LogP contribution in [-0.4, -0.2) is 5.97 Å². The third kappa shape index (κ3) is 3.97. The SMILES string of the molecule is N#Cc1ccccc1COC(=O)c1oc2ccccc2c1COc1ccccc1. The number of nitriles is 1. The van der Waals surface area contributed by atoms with Gasteiger partial charge in [0.1, 0.15) is 24.5 Å². The van der Waals surface area contributed by atoms with Crippen LogP contribution in [0.15, 0.2) is 83.3 Å². The molecule has 0 amide bonds. The smallest absolute Gasteiger partial charge is 0.375 e. The molecule has 0 radical (unpaired) electrons. The fourth-order valence-electron chi connectivity index (χ4n) is 3.04. The molecular weight excluding hydrogens is 366 g/mol. The van der Waals surface area contributed by atoms with Crippen molar-refractivity contribution in [3.05, 3.63) is 101 Å². The Balaban J connectivity index is 1.59. The molecule has 29 heavy (non-hydrogen) atoms. The largest absolute Gasteiger partial charge is 0.489 e. The van der Waals surface area contributed by atoms with E-state index in [0.29, 0.717) is 28.0 Å². The number of esters is 1. The van der Waals surface area contributed by atoms with Crippen molar-refractivity contribution < 1.29 is 18.7 Å². The number of carbonyl (C=O) groups excluding carboxylic acids is 1. The number of hydrogen-bond donors (Lipinski definition) is 0. The molecule has 0 aliphatic rings. The molecule has 142 valence electrons. The zero-order chi connectivity index (χ0) is 20.1. The van der Waals surface area contributed by atoms with E-state index in [2.05, 4.69) is 6.07 Å². The van der Waals surface area contributed by atoms with E-state index in [9.17, 15) is 10.1 Å². The number of hydrogen-bond acceptors (Lipinski definition) is 5. The molecule has 0 aliphatic heterocycles. The Kier molecular flexibility index (Phi) is 5.26. The van der Waals surface area contributed by atoms with E-state index in [0.717, 1.165) is 5.39 Å². The fourth-order valence-corrected chi connectivity index (χ4v) is 3.04. The van der Waals surface area contributed by atoms with E-state index in [1.807, 2.05) is 48.5 Å². The summed E-state index contributed by atoms with van der Waals surface area (Å²) in [5.41, 5.74) is 2.32. The van der Waals surface area contributed by atoms with Crippen molar-refractivity contribution >= 4 is 16.9 Å². The molecule has 0 aliphatic carbocycles. The molecule has 0 saturated heterocycles. The van der Waals surface area contributed by atoms with Gasteiger partial charge in [0.15, 0.2) is 0 Å². The highest BCUT2D eigenvalue weighted by Gasteiger charge is 2.22. The van der Waals surface area contributed by atoms with Crippen molar-refractivity contribution in [1.29, 1.82) is 5.26 Å². The van der Waals surface area contributed by atoms with Gasteiger partial charge in [-0.1, -0.05) is 54.6 Å². The van der Waals surface area contributed by atoms with Gasteiger partial charge in [0.25, 0.3) is 0 Å². The first-order chi connectivity index (χ1) is 14.3. The first kappa shape index (κ1) is 18.3. The minimum absolute atomic E-state index is 0.0153. The molecule has 0 saturated carbocycles. The van der Waals surface area contributed by atoms with Crippen LogP contribution in [0.5, 0.6) is 5.75 Å². The van der Waals surface area contributed by atoms with Crippen LogP contribution in [0.4, 0.5) is 0 Å². The summed E-state index contributed by atoms with van der Waals surface area (Å²) >= 11 is 0. The van der Waals surface area contributed by atoms with Crippen LogP contribution in [0.1, 0.15) is 27.2 Å². The molecule has 0 N–H and O–H groups in total. The molecule has 0 spiro atoms. The number of para-hydroxylation sites is 2. The van der Waals surface area contributed by atoms with Crippen molar-refractivity contribution in [2.24, 2.45) is 0 Å². The predicted octanol–water partition coefficient (Wildman–Crippen LogP) is 5.24. The van der Waals surface area contributed by atoms with Gasteiger partial charge in [-0.3, -0.25) is 0 Å². The van der Waals surface area contributed by atoms with Crippen LogP contribution in [0, 0.1) is 11.3 Å². The van der Waals surface area contributed by atoms with Gasteiger partial charge < -0.3 is 13.9 Å². The Morgan fingerprint density at radius 3 is 2.45 bits per heavy atom. The molecule has 5 heteroatoms. The van der Waals surface area contributed by atoms with Crippen molar-refractivity contribution in [2.75, 3.05) is 0 Å². The first-order valence-electron chi connectivity index (χ1n) is 9.09. The Hall–Kier alpha value is -4.04. The highest BCUT2D eigenvalue weighted by atomic mass is 16.5. The number of nitrogens with zero attached hydrogens (tertiary/aromatic N) is 1. The van der Waals surface area contributed by atoms with Crippen LogP contribution < -0.4 is 4.74 Å². The number of benzene rings is 3. The second-order valence-corrected chi connectivity index (χ2v) is 6.35. The standard InChI is InChI=1S/C24H17NO4/c25-14-17-8-4-5-9-18(17)15-28-24(26)23-21(16-27-19-10-2-1-3-11-19)20-12-6-7-13-22(20)29-23/h1-13H,15-16H2. The quantitative estimate of drug-likeness (QED) is 0.426. The van der Waals surface area contributed by atoms with Gasteiger partial charge in [-0.15, -0.1) is 0 Å². The lowest BCUT2D eigenvalue weighted by atomic mass is 10.1. The van der Waals surface area contributed by atoms with Gasteiger partial charge in [0, 0.05) is 10.9 Å². The van der Waals surface area contributed by atoms with Crippen LogP contribution in [0.3, 0.4) is 0 Å². The van der Waals surface area contributed by atoms with Crippen molar-refractivity contribution in [2.45, 2.75) is 13.2 Å². The number of furan rings is 1. The molecule has 4 aromatic rings. The lowest BCUT2D eigenvalue weighted by molar-refractivity contribution is 0.0434. The predicted molar refractivity (Wildman–Crippen MR) is 107 cm³/mol. The molecule has 1 aromatic heterocycles. The van der Waals surface area contributed by atoms with Gasteiger partial charge in [0.2, 0.25) is 5.76 Å². The molecule has 0 bridgehead atoms. The molecule has 4 rings (SSSR count). The monoisotopic (exact) mass is 383 g/mol. The third-order valence-corrected chi connectivity index (χ3v) is 4.51. The van der Waals surface area contributed by atoms with Gasteiger partial charge in [-0.05, 0) is 24.3 Å². The van der Waals surface area contributed by atoms with Crippen molar-refractivity contribution in [3.63, 3.8) is 0 Å². The van der Waals surface area contributed by atoms with E-state index in [-0.39, 0.29) is 19.0 Å². The zero-order valence-electron chi connectivity index (χ0n) is 15.5. The Labute approximate surface area is 167 Å². The molecule has 0 unspecified atom stereocenters. The van der Waals surface area contributed by atoms with Crippen molar-refractivity contribution in [1.82, 2.24) is 0 Å². The van der Waals surface area contributed by atoms with Crippen LogP contribution >= 0.6 is 0 Å². The fraction of sp³-hybridized carbons (Fsp3) is 0.0833. The van der Waals surface area contributed by atoms with Gasteiger partial charge >= 0.3 is 5.97 Å². The second kappa shape index (κ2) is 8.32. The summed E-state index contributed by atoms with van der Waals surface area (Å²) in [6.45, 7) is 0.152. The summed E-state index contributed by atoms with van der Waals surface area (Å²) in [7, 11) is 0. The van der Waals surface area contributed by atoms with Crippen LogP contribution in [-0.2, 0) is 18.0 Å².